The van der Waals surface area contributed by atoms with Gasteiger partial charge in [-0.1, -0.05) is 11.6 Å². The first-order valence-corrected chi connectivity index (χ1v) is 6.59. The second-order valence-corrected chi connectivity index (χ2v) is 5.54. The molecule has 1 heterocycles. The number of furan rings is 1. The molecule has 0 saturated heterocycles. The molecular weight excluding hydrogens is 308 g/mol. The summed E-state index contributed by atoms with van der Waals surface area (Å²) in [6.07, 6.45) is 2.12. The lowest BCUT2D eigenvalue weighted by Gasteiger charge is -2.01. The lowest BCUT2D eigenvalue weighted by Crippen LogP contribution is -1.97. The number of rotatable bonds is 2. The van der Waals surface area contributed by atoms with E-state index in [0.29, 0.717) is 27.1 Å². The summed E-state index contributed by atoms with van der Waals surface area (Å²) in [6, 6.07) is 1.51. The summed E-state index contributed by atoms with van der Waals surface area (Å²) in [6.45, 7) is 0.282. The van der Waals surface area contributed by atoms with Crippen molar-refractivity contribution >= 4 is 38.5 Å². The van der Waals surface area contributed by atoms with Gasteiger partial charge >= 0.3 is 0 Å². The van der Waals surface area contributed by atoms with E-state index >= 15 is 0 Å². The molecule has 0 radical (unpaired) electrons. The molecule has 0 unspecified atom stereocenters. The van der Waals surface area contributed by atoms with Crippen molar-refractivity contribution in [3.63, 3.8) is 0 Å². The third kappa shape index (κ3) is 1.70. The van der Waals surface area contributed by atoms with Gasteiger partial charge in [0.15, 0.2) is 11.4 Å². The molecule has 90 valence electrons. The zero-order chi connectivity index (χ0) is 12.2. The van der Waals surface area contributed by atoms with E-state index < -0.39 is 5.82 Å². The molecule has 0 spiro atoms. The lowest BCUT2D eigenvalue weighted by atomic mass is 10.1. The van der Waals surface area contributed by atoms with E-state index in [9.17, 15) is 4.39 Å². The standard InChI is InChI=1S/C12H10BrClFNO/c13-6-3-7(14)11(15)10-9(5-1-2-5)8(4-16)17-12(6)10/h3,5H,1-2,4,16H2. The molecule has 0 aliphatic heterocycles. The molecule has 1 saturated carbocycles. The first-order chi connectivity index (χ1) is 8.13. The molecule has 1 aliphatic rings. The van der Waals surface area contributed by atoms with Gasteiger partial charge in [0.1, 0.15) is 5.76 Å². The SMILES string of the molecule is NCc1oc2c(Br)cc(Cl)c(F)c2c1C1CC1. The van der Waals surface area contributed by atoms with Gasteiger partial charge in [0.05, 0.1) is 21.4 Å². The van der Waals surface area contributed by atoms with Crippen LogP contribution in [0.25, 0.3) is 11.0 Å². The average molecular weight is 319 g/mol. The van der Waals surface area contributed by atoms with E-state index in [1.807, 2.05) is 0 Å². The van der Waals surface area contributed by atoms with Crippen molar-refractivity contribution < 1.29 is 8.81 Å². The molecule has 17 heavy (non-hydrogen) atoms. The first-order valence-electron chi connectivity index (χ1n) is 5.42. The Morgan fingerprint density at radius 1 is 1.53 bits per heavy atom. The van der Waals surface area contributed by atoms with Crippen LogP contribution < -0.4 is 5.73 Å². The van der Waals surface area contributed by atoms with Crippen LogP contribution in [0.2, 0.25) is 5.02 Å². The number of fused-ring (bicyclic) bond motifs is 1. The minimum Gasteiger partial charge on any atom is -0.458 e. The van der Waals surface area contributed by atoms with E-state index in [2.05, 4.69) is 15.9 Å². The van der Waals surface area contributed by atoms with E-state index in [0.717, 1.165) is 18.4 Å². The van der Waals surface area contributed by atoms with Gasteiger partial charge in [0, 0.05) is 5.56 Å². The molecule has 1 aliphatic carbocycles. The Bertz CT molecular complexity index is 606. The number of hydrogen-bond donors (Lipinski definition) is 1. The number of halogens is 3. The Morgan fingerprint density at radius 3 is 2.82 bits per heavy atom. The van der Waals surface area contributed by atoms with Crippen LogP contribution in [0.5, 0.6) is 0 Å². The van der Waals surface area contributed by atoms with Gasteiger partial charge in [-0.05, 0) is 40.8 Å². The molecule has 1 aromatic carbocycles. The second kappa shape index (κ2) is 3.97. The Hall–Kier alpha value is -0.580. The minimum absolute atomic E-state index is 0.107. The highest BCUT2D eigenvalue weighted by Crippen LogP contribution is 2.48. The largest absolute Gasteiger partial charge is 0.458 e. The number of nitrogens with two attached hydrogens (primary N) is 1. The molecule has 0 amide bonds. The first kappa shape index (κ1) is 11.5. The van der Waals surface area contributed by atoms with Crippen molar-refractivity contribution in [2.75, 3.05) is 0 Å². The zero-order valence-corrected chi connectivity index (χ0v) is 11.2. The van der Waals surface area contributed by atoms with E-state index in [-0.39, 0.29) is 11.6 Å². The van der Waals surface area contributed by atoms with Gasteiger partial charge in [0.25, 0.3) is 0 Å². The zero-order valence-electron chi connectivity index (χ0n) is 8.90. The quantitative estimate of drug-likeness (QED) is 0.837. The molecule has 1 aromatic heterocycles. The Labute approximate surface area is 111 Å². The van der Waals surface area contributed by atoms with Crippen LogP contribution in [-0.4, -0.2) is 0 Å². The Balaban J connectivity index is 2.42. The predicted molar refractivity (Wildman–Crippen MR) is 68.7 cm³/mol. The molecule has 5 heteroatoms. The van der Waals surface area contributed by atoms with Crippen LogP contribution in [0.1, 0.15) is 30.1 Å². The van der Waals surface area contributed by atoms with Gasteiger partial charge in [-0.25, -0.2) is 4.39 Å². The van der Waals surface area contributed by atoms with Gasteiger partial charge in [-0.15, -0.1) is 0 Å². The number of hydrogen-bond acceptors (Lipinski definition) is 2. The van der Waals surface area contributed by atoms with Crippen LogP contribution in [0.4, 0.5) is 4.39 Å². The monoisotopic (exact) mass is 317 g/mol. The summed E-state index contributed by atoms with van der Waals surface area (Å²) in [7, 11) is 0. The molecule has 2 N–H and O–H groups in total. The Kier molecular flexibility index (Phi) is 2.69. The highest BCUT2D eigenvalue weighted by atomic mass is 79.9. The van der Waals surface area contributed by atoms with Crippen molar-refractivity contribution in [3.05, 3.63) is 32.7 Å². The normalized spacial score (nSPS) is 15.8. The smallest absolute Gasteiger partial charge is 0.153 e. The van der Waals surface area contributed by atoms with Crippen LogP contribution >= 0.6 is 27.5 Å². The van der Waals surface area contributed by atoms with Crippen molar-refractivity contribution in [2.24, 2.45) is 5.73 Å². The fraction of sp³-hybridized carbons (Fsp3) is 0.333. The van der Waals surface area contributed by atoms with Crippen molar-refractivity contribution in [3.8, 4) is 0 Å². The highest BCUT2D eigenvalue weighted by Gasteiger charge is 2.33. The molecule has 2 nitrogen and oxygen atoms in total. The molecule has 1 fully saturated rings. The molecule has 0 atom stereocenters. The third-order valence-electron chi connectivity index (χ3n) is 3.09. The van der Waals surface area contributed by atoms with Gasteiger partial charge in [-0.2, -0.15) is 0 Å². The Morgan fingerprint density at radius 2 is 2.24 bits per heavy atom. The summed E-state index contributed by atoms with van der Waals surface area (Å²) in [5.41, 5.74) is 7.07. The van der Waals surface area contributed by atoms with Gasteiger partial charge < -0.3 is 10.2 Å². The topological polar surface area (TPSA) is 39.2 Å². The van der Waals surface area contributed by atoms with Crippen molar-refractivity contribution in [1.29, 1.82) is 0 Å². The molecule has 0 bridgehead atoms. The third-order valence-corrected chi connectivity index (χ3v) is 3.96. The van der Waals surface area contributed by atoms with Crippen molar-refractivity contribution in [1.82, 2.24) is 0 Å². The molecular formula is C12H10BrClFNO. The lowest BCUT2D eigenvalue weighted by molar-refractivity contribution is 0.544. The summed E-state index contributed by atoms with van der Waals surface area (Å²) in [5, 5.41) is 0.600. The fourth-order valence-electron chi connectivity index (χ4n) is 2.19. The van der Waals surface area contributed by atoms with Crippen molar-refractivity contribution in [2.45, 2.75) is 25.3 Å². The highest BCUT2D eigenvalue weighted by molar-refractivity contribution is 9.10. The summed E-state index contributed by atoms with van der Waals surface area (Å²) >= 11 is 9.21. The van der Waals surface area contributed by atoms with Crippen LogP contribution in [0, 0.1) is 5.82 Å². The second-order valence-electron chi connectivity index (χ2n) is 4.28. The average Bonchev–Trinajstić information content (AvgIpc) is 3.06. The maximum Gasteiger partial charge on any atom is 0.153 e. The molecule has 2 aromatic rings. The fourth-order valence-corrected chi connectivity index (χ4v) is 3.04. The van der Waals surface area contributed by atoms with Gasteiger partial charge in [0.2, 0.25) is 0 Å². The summed E-state index contributed by atoms with van der Waals surface area (Å²) in [4.78, 5) is 0. The van der Waals surface area contributed by atoms with Crippen LogP contribution in [0.15, 0.2) is 15.0 Å². The summed E-state index contributed by atoms with van der Waals surface area (Å²) < 4.78 is 20.4. The maximum absolute atomic E-state index is 14.1. The van der Waals surface area contributed by atoms with E-state index in [4.69, 9.17) is 21.8 Å². The minimum atomic E-state index is -0.407. The van der Waals surface area contributed by atoms with E-state index in [1.165, 1.54) is 6.07 Å². The number of benzene rings is 1. The molecule has 3 rings (SSSR count). The maximum atomic E-state index is 14.1. The van der Waals surface area contributed by atoms with Gasteiger partial charge in [-0.3, -0.25) is 0 Å². The predicted octanol–water partition coefficient (Wildman–Crippen LogP) is 4.32. The summed E-state index contributed by atoms with van der Waals surface area (Å²) in [5.74, 6) is 0.634. The van der Waals surface area contributed by atoms with Crippen LogP contribution in [-0.2, 0) is 6.54 Å². The van der Waals surface area contributed by atoms with Crippen LogP contribution in [0.3, 0.4) is 0 Å². The van der Waals surface area contributed by atoms with E-state index in [1.54, 1.807) is 0 Å².